The van der Waals surface area contributed by atoms with E-state index in [-0.39, 0.29) is 17.4 Å². The second-order valence-electron chi connectivity index (χ2n) is 4.71. The number of piperazine rings is 1. The van der Waals surface area contributed by atoms with Crippen LogP contribution in [0.1, 0.15) is 0 Å². The molecule has 1 heterocycles. The lowest BCUT2D eigenvalue weighted by Gasteiger charge is -2.33. The number of esters is 1. The van der Waals surface area contributed by atoms with E-state index >= 15 is 0 Å². The molecule has 0 unspecified atom stereocenters. The number of methoxy groups -OCH3 is 1. The van der Waals surface area contributed by atoms with Crippen LogP contribution in [-0.4, -0.2) is 63.4 Å². The molecule has 0 N–H and O–H groups in total. The second kappa shape index (κ2) is 6.87. The molecule has 8 heteroatoms. The molecule has 0 amide bonds. The van der Waals surface area contributed by atoms with Crippen molar-refractivity contribution in [3.8, 4) is 0 Å². The summed E-state index contributed by atoms with van der Waals surface area (Å²) in [6, 6.07) is 6.66. The van der Waals surface area contributed by atoms with Crippen molar-refractivity contribution < 1.29 is 17.9 Å². The van der Waals surface area contributed by atoms with Crippen molar-refractivity contribution in [2.75, 3.05) is 39.8 Å². The predicted molar refractivity (Wildman–Crippen MR) is 81.4 cm³/mol. The van der Waals surface area contributed by atoms with Gasteiger partial charge in [0.25, 0.3) is 0 Å². The number of hydrogen-bond acceptors (Lipinski definition) is 5. The molecule has 6 nitrogen and oxygen atoms in total. The third kappa shape index (κ3) is 4.03. The average molecular weight is 377 g/mol. The van der Waals surface area contributed by atoms with E-state index < -0.39 is 10.0 Å². The van der Waals surface area contributed by atoms with Gasteiger partial charge < -0.3 is 4.74 Å². The van der Waals surface area contributed by atoms with E-state index in [0.29, 0.717) is 26.2 Å². The van der Waals surface area contributed by atoms with Gasteiger partial charge in [-0.2, -0.15) is 4.31 Å². The van der Waals surface area contributed by atoms with Gasteiger partial charge >= 0.3 is 5.97 Å². The number of halogens is 1. The molecule has 1 aliphatic heterocycles. The first kappa shape index (κ1) is 16.4. The lowest BCUT2D eigenvalue weighted by atomic mass is 10.3. The summed E-state index contributed by atoms with van der Waals surface area (Å²) in [4.78, 5) is 13.4. The van der Waals surface area contributed by atoms with Crippen molar-refractivity contribution in [3.63, 3.8) is 0 Å². The molecule has 0 saturated carbocycles. The highest BCUT2D eigenvalue weighted by Crippen LogP contribution is 2.21. The number of carbonyl (C=O) groups excluding carboxylic acids is 1. The maximum Gasteiger partial charge on any atom is 0.319 e. The fourth-order valence-corrected chi connectivity index (χ4v) is 4.17. The Morgan fingerprint density at radius 3 is 2.52 bits per heavy atom. The van der Waals surface area contributed by atoms with Gasteiger partial charge in [0.05, 0.1) is 18.6 Å². The Morgan fingerprint density at radius 1 is 1.29 bits per heavy atom. The Balaban J connectivity index is 2.03. The normalized spacial score (nSPS) is 17.6. The Hall–Kier alpha value is -0.960. The van der Waals surface area contributed by atoms with E-state index in [9.17, 15) is 13.2 Å². The van der Waals surface area contributed by atoms with Crippen molar-refractivity contribution >= 4 is 31.9 Å². The van der Waals surface area contributed by atoms with E-state index in [4.69, 9.17) is 0 Å². The van der Waals surface area contributed by atoms with Crippen LogP contribution >= 0.6 is 15.9 Å². The monoisotopic (exact) mass is 376 g/mol. The molecule has 116 valence electrons. The van der Waals surface area contributed by atoms with E-state index in [1.165, 1.54) is 11.4 Å². The molecule has 1 aromatic carbocycles. The van der Waals surface area contributed by atoms with Gasteiger partial charge in [-0.15, -0.1) is 0 Å². The molecular weight excluding hydrogens is 360 g/mol. The highest BCUT2D eigenvalue weighted by Gasteiger charge is 2.29. The summed E-state index contributed by atoms with van der Waals surface area (Å²) in [7, 11) is -2.14. The zero-order chi connectivity index (χ0) is 15.5. The highest BCUT2D eigenvalue weighted by atomic mass is 79.9. The van der Waals surface area contributed by atoms with Crippen LogP contribution in [0.5, 0.6) is 0 Å². The van der Waals surface area contributed by atoms with Crippen LogP contribution in [0, 0.1) is 0 Å². The average Bonchev–Trinajstić information content (AvgIpc) is 2.47. The first-order valence-corrected chi connectivity index (χ1v) is 8.71. The van der Waals surface area contributed by atoms with Crippen molar-refractivity contribution in [3.05, 3.63) is 28.7 Å². The number of nitrogens with zero attached hydrogens (tertiary/aromatic N) is 2. The second-order valence-corrected chi connectivity index (χ2v) is 7.57. The van der Waals surface area contributed by atoms with Gasteiger partial charge in [0, 0.05) is 30.7 Å². The summed E-state index contributed by atoms with van der Waals surface area (Å²) < 4.78 is 31.8. The maximum atomic E-state index is 12.5. The van der Waals surface area contributed by atoms with Crippen LogP contribution in [0.25, 0.3) is 0 Å². The van der Waals surface area contributed by atoms with E-state index in [1.54, 1.807) is 24.3 Å². The van der Waals surface area contributed by atoms with Gasteiger partial charge in [0.2, 0.25) is 10.0 Å². The number of hydrogen-bond donors (Lipinski definition) is 0. The van der Waals surface area contributed by atoms with Crippen LogP contribution in [0.4, 0.5) is 0 Å². The Bertz CT molecular complexity index is 612. The van der Waals surface area contributed by atoms with E-state index in [0.717, 1.165) is 4.47 Å². The minimum Gasteiger partial charge on any atom is -0.468 e. The van der Waals surface area contributed by atoms with Crippen LogP contribution in [0.2, 0.25) is 0 Å². The molecule has 0 bridgehead atoms. The van der Waals surface area contributed by atoms with Crippen molar-refractivity contribution in [1.82, 2.24) is 9.21 Å². The number of sulfonamides is 1. The Labute approximate surface area is 132 Å². The summed E-state index contributed by atoms with van der Waals surface area (Å²) in [6.07, 6.45) is 0. The number of benzene rings is 1. The van der Waals surface area contributed by atoms with Crippen LogP contribution in [-0.2, 0) is 19.6 Å². The van der Waals surface area contributed by atoms with Gasteiger partial charge in [-0.3, -0.25) is 9.69 Å². The van der Waals surface area contributed by atoms with Crippen LogP contribution in [0.3, 0.4) is 0 Å². The Morgan fingerprint density at radius 2 is 1.95 bits per heavy atom. The van der Waals surface area contributed by atoms with Crippen LogP contribution in [0.15, 0.2) is 33.6 Å². The molecule has 1 saturated heterocycles. The summed E-state index contributed by atoms with van der Waals surface area (Å²) in [5.41, 5.74) is 0. The molecule has 21 heavy (non-hydrogen) atoms. The fraction of sp³-hybridized carbons (Fsp3) is 0.462. The molecule has 2 rings (SSSR count). The van der Waals surface area contributed by atoms with Gasteiger partial charge in [-0.25, -0.2) is 8.42 Å². The van der Waals surface area contributed by atoms with Crippen LogP contribution < -0.4 is 0 Å². The predicted octanol–water partition coefficient (Wildman–Crippen LogP) is 0.928. The summed E-state index contributed by atoms with van der Waals surface area (Å²) in [5, 5.41) is 0. The summed E-state index contributed by atoms with van der Waals surface area (Å²) >= 11 is 3.28. The van der Waals surface area contributed by atoms with Crippen molar-refractivity contribution in [1.29, 1.82) is 0 Å². The zero-order valence-electron chi connectivity index (χ0n) is 11.7. The largest absolute Gasteiger partial charge is 0.468 e. The standard InChI is InChI=1S/C13H17BrN2O4S/c1-20-13(17)10-15-5-7-16(8-6-15)21(18,19)12-4-2-3-11(14)9-12/h2-4,9H,5-8,10H2,1H3. The number of ether oxygens (including phenoxy) is 1. The molecule has 0 aromatic heterocycles. The molecule has 1 aromatic rings. The SMILES string of the molecule is COC(=O)CN1CCN(S(=O)(=O)c2cccc(Br)c2)CC1. The molecule has 0 spiro atoms. The lowest BCUT2D eigenvalue weighted by molar-refractivity contribution is -0.142. The zero-order valence-corrected chi connectivity index (χ0v) is 14.1. The first-order chi connectivity index (χ1) is 9.93. The third-order valence-electron chi connectivity index (χ3n) is 3.35. The van der Waals surface area contributed by atoms with Gasteiger partial charge in [0.1, 0.15) is 0 Å². The van der Waals surface area contributed by atoms with Crippen molar-refractivity contribution in [2.24, 2.45) is 0 Å². The van der Waals surface area contributed by atoms with Gasteiger partial charge in [-0.1, -0.05) is 22.0 Å². The fourth-order valence-electron chi connectivity index (χ4n) is 2.15. The van der Waals surface area contributed by atoms with Crippen molar-refractivity contribution in [2.45, 2.75) is 4.90 Å². The molecule has 0 atom stereocenters. The van der Waals surface area contributed by atoms with Gasteiger partial charge in [0.15, 0.2) is 0 Å². The number of rotatable bonds is 4. The highest BCUT2D eigenvalue weighted by molar-refractivity contribution is 9.10. The smallest absolute Gasteiger partial charge is 0.319 e. The third-order valence-corrected chi connectivity index (χ3v) is 5.73. The quantitative estimate of drug-likeness (QED) is 0.731. The minimum atomic E-state index is -3.48. The Kier molecular flexibility index (Phi) is 5.37. The first-order valence-electron chi connectivity index (χ1n) is 6.48. The van der Waals surface area contributed by atoms with E-state index in [1.807, 2.05) is 4.90 Å². The van der Waals surface area contributed by atoms with E-state index in [2.05, 4.69) is 20.7 Å². The maximum absolute atomic E-state index is 12.5. The lowest BCUT2D eigenvalue weighted by Crippen LogP contribution is -2.49. The molecule has 0 aliphatic carbocycles. The topological polar surface area (TPSA) is 66.9 Å². The molecular formula is C13H17BrN2O4S. The molecule has 1 fully saturated rings. The molecule has 0 radical (unpaired) electrons. The minimum absolute atomic E-state index is 0.196. The van der Waals surface area contributed by atoms with Gasteiger partial charge in [-0.05, 0) is 18.2 Å². The number of carbonyl (C=O) groups is 1. The summed E-state index contributed by atoms with van der Waals surface area (Å²) in [6.45, 7) is 1.96. The molecule has 1 aliphatic rings. The summed E-state index contributed by atoms with van der Waals surface area (Å²) in [5.74, 6) is -0.307.